The second-order valence-corrected chi connectivity index (χ2v) is 4.46. The first-order chi connectivity index (χ1) is 10.2. The Morgan fingerprint density at radius 2 is 2.19 bits per heavy atom. The zero-order chi connectivity index (χ0) is 15.2. The minimum atomic E-state index is -0.545. The van der Waals surface area contributed by atoms with Crippen LogP contribution in [0.1, 0.15) is 23.1 Å². The Balaban J connectivity index is 2.16. The highest BCUT2D eigenvalue weighted by Gasteiger charge is 2.19. The molecule has 0 amide bonds. The van der Waals surface area contributed by atoms with Crippen LogP contribution in [0.15, 0.2) is 29.2 Å². The number of carbonyl (C=O) groups is 1. The number of hydrogen-bond donors (Lipinski definition) is 0. The van der Waals surface area contributed by atoms with Crippen LogP contribution < -0.4 is 5.56 Å². The summed E-state index contributed by atoms with van der Waals surface area (Å²) in [6, 6.07) is 4.93. The van der Waals surface area contributed by atoms with E-state index in [2.05, 4.69) is 10.3 Å². The molecule has 0 atom stereocenters. The number of rotatable bonds is 6. The summed E-state index contributed by atoms with van der Waals surface area (Å²) in [5, 5.41) is 7.71. The number of esters is 1. The van der Waals surface area contributed by atoms with Crippen LogP contribution in [0.2, 0.25) is 0 Å². The maximum atomic E-state index is 11.7. The molecule has 0 aromatic carbocycles. The lowest BCUT2D eigenvalue weighted by molar-refractivity contribution is 0.0518. The largest absolute Gasteiger partial charge is 0.461 e. The standard InChI is InChI=1S/C13H15ClN4O3/c1-2-21-13(20)12-10(9-14)18(16-15-12)8-7-17-6-4-3-5-11(17)19/h3-6H,2,7-9H2,1H3. The number of carbonyl (C=O) groups excluding carboxylic acids is 1. The Morgan fingerprint density at radius 3 is 2.86 bits per heavy atom. The van der Waals surface area contributed by atoms with Gasteiger partial charge in [-0.15, -0.1) is 16.7 Å². The molecule has 2 aromatic heterocycles. The highest BCUT2D eigenvalue weighted by molar-refractivity contribution is 6.17. The van der Waals surface area contributed by atoms with Gasteiger partial charge >= 0.3 is 5.97 Å². The van der Waals surface area contributed by atoms with Gasteiger partial charge in [-0.2, -0.15) is 0 Å². The summed E-state index contributed by atoms with van der Waals surface area (Å²) >= 11 is 5.86. The highest BCUT2D eigenvalue weighted by atomic mass is 35.5. The van der Waals surface area contributed by atoms with Gasteiger partial charge in [0.15, 0.2) is 5.69 Å². The molecule has 8 heteroatoms. The van der Waals surface area contributed by atoms with Gasteiger partial charge in [-0.05, 0) is 13.0 Å². The van der Waals surface area contributed by atoms with E-state index < -0.39 is 5.97 Å². The van der Waals surface area contributed by atoms with Gasteiger partial charge in [0.05, 0.1) is 24.7 Å². The first-order valence-corrected chi connectivity index (χ1v) is 7.01. The molecule has 2 heterocycles. The van der Waals surface area contributed by atoms with E-state index in [-0.39, 0.29) is 23.7 Å². The summed E-state index contributed by atoms with van der Waals surface area (Å²) in [7, 11) is 0. The van der Waals surface area contributed by atoms with Crippen LogP contribution >= 0.6 is 11.6 Å². The Hall–Kier alpha value is -2.15. The van der Waals surface area contributed by atoms with Crippen molar-refractivity contribution in [3.63, 3.8) is 0 Å². The van der Waals surface area contributed by atoms with Gasteiger partial charge in [-0.25, -0.2) is 9.48 Å². The van der Waals surface area contributed by atoms with Crippen LogP contribution in [0.3, 0.4) is 0 Å². The van der Waals surface area contributed by atoms with Crippen molar-refractivity contribution in [1.29, 1.82) is 0 Å². The fraction of sp³-hybridized carbons (Fsp3) is 0.385. The van der Waals surface area contributed by atoms with Gasteiger partial charge in [0, 0.05) is 18.8 Å². The molecule has 2 aromatic rings. The van der Waals surface area contributed by atoms with E-state index in [1.54, 1.807) is 29.8 Å². The molecule has 0 spiro atoms. The molecular weight excluding hydrogens is 296 g/mol. The highest BCUT2D eigenvalue weighted by Crippen LogP contribution is 2.10. The van der Waals surface area contributed by atoms with Crippen LogP contribution in [-0.2, 0) is 23.7 Å². The van der Waals surface area contributed by atoms with E-state index in [1.165, 1.54) is 10.7 Å². The summed E-state index contributed by atoms with van der Waals surface area (Å²) in [5.74, 6) is -0.457. The number of hydrogen-bond acceptors (Lipinski definition) is 5. The number of pyridine rings is 1. The second-order valence-electron chi connectivity index (χ2n) is 4.19. The smallest absolute Gasteiger partial charge is 0.360 e. The van der Waals surface area contributed by atoms with E-state index in [1.807, 2.05) is 0 Å². The van der Waals surface area contributed by atoms with Gasteiger partial charge in [0.25, 0.3) is 5.56 Å². The molecule has 0 radical (unpaired) electrons. The molecule has 0 fully saturated rings. The summed E-state index contributed by atoms with van der Waals surface area (Å²) < 4.78 is 7.95. The zero-order valence-corrected chi connectivity index (χ0v) is 12.3. The van der Waals surface area contributed by atoms with Crippen molar-refractivity contribution in [2.75, 3.05) is 6.61 Å². The molecule has 0 unspecified atom stereocenters. The van der Waals surface area contributed by atoms with Crippen LogP contribution in [0.5, 0.6) is 0 Å². The first kappa shape index (κ1) is 15.2. The maximum absolute atomic E-state index is 11.7. The van der Waals surface area contributed by atoms with Crippen LogP contribution in [-0.4, -0.2) is 32.1 Å². The fourth-order valence-corrected chi connectivity index (χ4v) is 2.12. The lowest BCUT2D eigenvalue weighted by Crippen LogP contribution is -2.21. The van der Waals surface area contributed by atoms with Gasteiger partial charge in [-0.3, -0.25) is 4.79 Å². The Labute approximate surface area is 126 Å². The zero-order valence-electron chi connectivity index (χ0n) is 11.5. The molecule has 7 nitrogen and oxygen atoms in total. The molecule has 0 N–H and O–H groups in total. The predicted molar refractivity (Wildman–Crippen MR) is 76.2 cm³/mol. The van der Waals surface area contributed by atoms with Gasteiger partial charge in [0.2, 0.25) is 0 Å². The molecule has 2 rings (SSSR count). The molecule has 0 aliphatic carbocycles. The van der Waals surface area contributed by atoms with Crippen LogP contribution in [0.25, 0.3) is 0 Å². The Kier molecular flexibility index (Phi) is 5.10. The van der Waals surface area contributed by atoms with Crippen molar-refractivity contribution < 1.29 is 9.53 Å². The number of aromatic nitrogens is 4. The molecule has 0 aliphatic heterocycles. The van der Waals surface area contributed by atoms with E-state index in [0.717, 1.165) is 0 Å². The quantitative estimate of drug-likeness (QED) is 0.589. The van der Waals surface area contributed by atoms with Crippen molar-refractivity contribution >= 4 is 17.6 Å². The van der Waals surface area contributed by atoms with Crippen molar-refractivity contribution in [3.8, 4) is 0 Å². The van der Waals surface area contributed by atoms with Crippen molar-refractivity contribution in [2.45, 2.75) is 25.9 Å². The van der Waals surface area contributed by atoms with Crippen molar-refractivity contribution in [2.24, 2.45) is 0 Å². The molecule has 0 bridgehead atoms. The normalized spacial score (nSPS) is 10.6. The van der Waals surface area contributed by atoms with Crippen LogP contribution in [0, 0.1) is 0 Å². The SMILES string of the molecule is CCOC(=O)c1nnn(CCn2ccccc2=O)c1CCl. The number of halogens is 1. The second kappa shape index (κ2) is 7.03. The topological polar surface area (TPSA) is 79.0 Å². The first-order valence-electron chi connectivity index (χ1n) is 6.48. The number of ether oxygens (including phenoxy) is 1. The predicted octanol–water partition coefficient (Wildman–Crippen LogP) is 1.06. The molecular formula is C13H15ClN4O3. The summed E-state index contributed by atoms with van der Waals surface area (Å²) in [4.78, 5) is 23.3. The molecule has 0 saturated heterocycles. The molecule has 0 aliphatic rings. The van der Waals surface area contributed by atoms with Crippen molar-refractivity contribution in [1.82, 2.24) is 19.6 Å². The van der Waals surface area contributed by atoms with E-state index in [0.29, 0.717) is 18.8 Å². The summed E-state index contributed by atoms with van der Waals surface area (Å²) in [6.07, 6.45) is 1.69. The summed E-state index contributed by atoms with van der Waals surface area (Å²) in [6.45, 7) is 2.77. The number of alkyl halides is 1. The van der Waals surface area contributed by atoms with E-state index in [9.17, 15) is 9.59 Å². The molecule has 112 valence electrons. The van der Waals surface area contributed by atoms with Crippen molar-refractivity contribution in [3.05, 3.63) is 46.1 Å². The number of nitrogens with zero attached hydrogens (tertiary/aromatic N) is 4. The van der Waals surface area contributed by atoms with Gasteiger partial charge in [0.1, 0.15) is 0 Å². The minimum absolute atomic E-state index is 0.0881. The van der Waals surface area contributed by atoms with Gasteiger partial charge < -0.3 is 9.30 Å². The van der Waals surface area contributed by atoms with Gasteiger partial charge in [-0.1, -0.05) is 11.3 Å². The summed E-state index contributed by atoms with van der Waals surface area (Å²) in [5.41, 5.74) is 0.502. The molecule has 0 saturated carbocycles. The third-order valence-corrected chi connectivity index (χ3v) is 3.14. The van der Waals surface area contributed by atoms with Crippen LogP contribution in [0.4, 0.5) is 0 Å². The third kappa shape index (κ3) is 3.49. The monoisotopic (exact) mass is 310 g/mol. The minimum Gasteiger partial charge on any atom is -0.461 e. The Morgan fingerprint density at radius 1 is 1.38 bits per heavy atom. The third-order valence-electron chi connectivity index (χ3n) is 2.88. The molecule has 21 heavy (non-hydrogen) atoms. The van der Waals surface area contributed by atoms with E-state index in [4.69, 9.17) is 16.3 Å². The lowest BCUT2D eigenvalue weighted by atomic mass is 10.3. The lowest BCUT2D eigenvalue weighted by Gasteiger charge is -2.07. The Bertz CT molecular complexity index is 680. The average Bonchev–Trinajstić information content (AvgIpc) is 2.89. The van der Waals surface area contributed by atoms with E-state index >= 15 is 0 Å². The maximum Gasteiger partial charge on any atom is 0.360 e. The fourth-order valence-electron chi connectivity index (χ4n) is 1.85. The average molecular weight is 311 g/mol. The number of aryl methyl sites for hydroxylation is 2.